The first-order valence-electron chi connectivity index (χ1n) is 16.1. The Balaban J connectivity index is 1.44. The minimum Gasteiger partial charge on any atom is -0.453 e. The first-order chi connectivity index (χ1) is 24.0. The SMILES string of the molecule is Cc1c(-c2ccc(F)cc2)c(N2c3ccccc3Oc3ccccc32)cc(N2c3ccccc3Oc3ccccc32)c1-c1ccc(F)cc1. The first-order valence-corrected chi connectivity index (χ1v) is 16.1. The zero-order valence-corrected chi connectivity index (χ0v) is 26.4. The van der Waals surface area contributed by atoms with Crippen molar-refractivity contribution < 1.29 is 18.3 Å². The number of halogens is 2. The molecule has 0 spiro atoms. The molecule has 0 unspecified atom stereocenters. The highest BCUT2D eigenvalue weighted by Crippen LogP contribution is 2.58. The molecule has 6 heteroatoms. The highest BCUT2D eigenvalue weighted by atomic mass is 19.1. The molecule has 236 valence electrons. The second-order valence-electron chi connectivity index (χ2n) is 12.0. The number of ether oxygens (including phenoxy) is 2. The van der Waals surface area contributed by atoms with Crippen molar-refractivity contribution in [1.29, 1.82) is 0 Å². The predicted molar refractivity (Wildman–Crippen MR) is 191 cm³/mol. The maximum atomic E-state index is 14.4. The summed E-state index contributed by atoms with van der Waals surface area (Å²) >= 11 is 0. The van der Waals surface area contributed by atoms with Gasteiger partial charge in [-0.1, -0.05) is 72.8 Å². The van der Waals surface area contributed by atoms with Gasteiger partial charge in [-0.15, -0.1) is 0 Å². The van der Waals surface area contributed by atoms with Crippen LogP contribution in [0.2, 0.25) is 0 Å². The van der Waals surface area contributed by atoms with E-state index in [0.29, 0.717) is 0 Å². The number of hydrogen-bond donors (Lipinski definition) is 0. The minimum atomic E-state index is -0.318. The Morgan fingerprint density at radius 2 is 0.694 bits per heavy atom. The molecule has 4 nitrogen and oxygen atoms in total. The summed E-state index contributed by atoms with van der Waals surface area (Å²) in [6, 6.07) is 47.2. The van der Waals surface area contributed by atoms with Crippen molar-refractivity contribution in [3.8, 4) is 45.3 Å². The molecule has 0 aromatic heterocycles. The van der Waals surface area contributed by atoms with Crippen molar-refractivity contribution in [2.45, 2.75) is 6.92 Å². The molecule has 49 heavy (non-hydrogen) atoms. The fourth-order valence-corrected chi connectivity index (χ4v) is 7.03. The second kappa shape index (κ2) is 11.4. The van der Waals surface area contributed by atoms with E-state index in [4.69, 9.17) is 9.47 Å². The summed E-state index contributed by atoms with van der Waals surface area (Å²) in [7, 11) is 0. The van der Waals surface area contributed by atoms with Crippen molar-refractivity contribution in [2.75, 3.05) is 9.80 Å². The molecule has 0 bridgehead atoms. The van der Waals surface area contributed by atoms with Crippen molar-refractivity contribution in [2.24, 2.45) is 0 Å². The van der Waals surface area contributed by atoms with Crippen LogP contribution in [0.4, 0.5) is 42.9 Å². The molecule has 0 aliphatic carbocycles. The Morgan fingerprint density at radius 1 is 0.388 bits per heavy atom. The third kappa shape index (κ3) is 4.72. The maximum Gasteiger partial charge on any atom is 0.151 e. The summed E-state index contributed by atoms with van der Waals surface area (Å²) in [5, 5.41) is 0. The number of nitrogens with zero attached hydrogens (tertiary/aromatic N) is 2. The predicted octanol–water partition coefficient (Wildman–Crippen LogP) is 12.8. The van der Waals surface area contributed by atoms with E-state index in [1.807, 2.05) is 121 Å². The summed E-state index contributed by atoms with van der Waals surface area (Å²) < 4.78 is 41.7. The molecular weight excluding hydrogens is 614 g/mol. The average molecular weight is 643 g/mol. The first kappa shape index (κ1) is 28.8. The lowest BCUT2D eigenvalue weighted by atomic mass is 9.88. The number of para-hydroxylation sites is 8. The van der Waals surface area contributed by atoms with Crippen LogP contribution in [0.25, 0.3) is 22.3 Å². The van der Waals surface area contributed by atoms with Crippen LogP contribution in [0.5, 0.6) is 23.0 Å². The van der Waals surface area contributed by atoms with Crippen molar-refractivity contribution in [3.05, 3.63) is 169 Å². The summed E-state index contributed by atoms with van der Waals surface area (Å²) in [6.07, 6.45) is 0. The number of fused-ring (bicyclic) bond motifs is 4. The second-order valence-corrected chi connectivity index (χ2v) is 12.0. The van der Waals surface area contributed by atoms with E-state index < -0.39 is 0 Å². The van der Waals surface area contributed by atoms with Gasteiger partial charge < -0.3 is 19.3 Å². The Bertz CT molecular complexity index is 2130. The summed E-state index contributed by atoms with van der Waals surface area (Å²) in [5.41, 5.74) is 9.65. The van der Waals surface area contributed by atoms with Crippen LogP contribution < -0.4 is 19.3 Å². The maximum absolute atomic E-state index is 14.4. The van der Waals surface area contributed by atoms with Crippen molar-refractivity contribution in [3.63, 3.8) is 0 Å². The number of rotatable bonds is 4. The third-order valence-electron chi connectivity index (χ3n) is 9.15. The van der Waals surface area contributed by atoms with Gasteiger partial charge >= 0.3 is 0 Å². The molecule has 0 amide bonds. The van der Waals surface area contributed by atoms with Crippen LogP contribution in [-0.2, 0) is 0 Å². The number of benzene rings is 7. The summed E-state index contributed by atoms with van der Waals surface area (Å²) in [5.74, 6) is 2.24. The largest absolute Gasteiger partial charge is 0.453 e. The van der Waals surface area contributed by atoms with Gasteiger partial charge in [0.05, 0.1) is 34.1 Å². The van der Waals surface area contributed by atoms with Crippen molar-refractivity contribution in [1.82, 2.24) is 0 Å². The van der Waals surface area contributed by atoms with Crippen molar-refractivity contribution >= 4 is 34.1 Å². The Morgan fingerprint density at radius 3 is 1.02 bits per heavy atom. The quantitative estimate of drug-likeness (QED) is 0.191. The molecule has 9 rings (SSSR count). The molecule has 0 saturated heterocycles. The molecule has 2 aliphatic heterocycles. The van der Waals surface area contributed by atoms with Gasteiger partial charge in [0.1, 0.15) is 11.6 Å². The minimum absolute atomic E-state index is 0.318. The standard InChI is InChI=1S/C43H28F2N2O2/c1-27-42(28-18-22-30(44)23-19-28)36(46-32-10-2-6-14-38(32)48-39-15-7-3-11-33(39)46)26-37(43(27)29-20-24-31(45)25-21-29)47-34-12-4-8-16-40(34)49-41-17-9-5-13-35(41)47/h2-26H,1H3. The Kier molecular flexibility index (Phi) is 6.69. The average Bonchev–Trinajstić information content (AvgIpc) is 3.13. The number of anilines is 6. The van der Waals surface area contributed by atoms with Gasteiger partial charge in [0.25, 0.3) is 0 Å². The monoisotopic (exact) mass is 642 g/mol. The van der Waals surface area contributed by atoms with Crippen LogP contribution in [0.15, 0.2) is 152 Å². The fourth-order valence-electron chi connectivity index (χ4n) is 7.03. The zero-order chi connectivity index (χ0) is 33.1. The molecule has 7 aromatic carbocycles. The molecular formula is C43H28F2N2O2. The molecule has 0 radical (unpaired) electrons. The van der Waals surface area contributed by atoms with Gasteiger partial charge in [-0.05, 0) is 102 Å². The van der Waals surface area contributed by atoms with Crippen LogP contribution >= 0.6 is 0 Å². The van der Waals surface area contributed by atoms with E-state index in [2.05, 4.69) is 22.8 Å². The molecule has 2 aliphatic rings. The molecule has 2 heterocycles. The number of hydrogen-bond acceptors (Lipinski definition) is 4. The highest BCUT2D eigenvalue weighted by molar-refractivity contribution is 6.03. The van der Waals surface area contributed by atoms with Crippen LogP contribution in [-0.4, -0.2) is 0 Å². The Labute approximate surface area is 282 Å². The molecule has 0 saturated carbocycles. The Hall–Kier alpha value is -6.40. The normalized spacial score (nSPS) is 12.6. The van der Waals surface area contributed by atoms with Crippen LogP contribution in [0.3, 0.4) is 0 Å². The fraction of sp³-hybridized carbons (Fsp3) is 0.0233. The van der Waals surface area contributed by atoms with Gasteiger partial charge in [0.2, 0.25) is 0 Å². The molecule has 0 atom stereocenters. The summed E-state index contributed by atoms with van der Waals surface area (Å²) in [6.45, 7) is 2.08. The topological polar surface area (TPSA) is 24.9 Å². The van der Waals surface area contributed by atoms with Gasteiger partial charge in [0, 0.05) is 11.1 Å². The highest BCUT2D eigenvalue weighted by Gasteiger charge is 2.33. The van der Waals surface area contributed by atoms with Gasteiger partial charge in [-0.3, -0.25) is 0 Å². The van der Waals surface area contributed by atoms with E-state index in [0.717, 1.165) is 84.9 Å². The molecule has 0 N–H and O–H groups in total. The van der Waals surface area contributed by atoms with E-state index >= 15 is 0 Å². The van der Waals surface area contributed by atoms with Gasteiger partial charge in [-0.2, -0.15) is 0 Å². The lowest BCUT2D eigenvalue weighted by Gasteiger charge is -2.38. The smallest absolute Gasteiger partial charge is 0.151 e. The molecule has 0 fully saturated rings. The lowest BCUT2D eigenvalue weighted by Crippen LogP contribution is -2.20. The van der Waals surface area contributed by atoms with E-state index in [1.54, 1.807) is 0 Å². The van der Waals surface area contributed by atoms with E-state index in [9.17, 15) is 8.78 Å². The third-order valence-corrected chi connectivity index (χ3v) is 9.15. The van der Waals surface area contributed by atoms with Gasteiger partial charge in [-0.25, -0.2) is 8.78 Å². The van der Waals surface area contributed by atoms with Crippen LogP contribution in [0, 0.1) is 18.6 Å². The van der Waals surface area contributed by atoms with E-state index in [1.165, 1.54) is 24.3 Å². The lowest BCUT2D eigenvalue weighted by molar-refractivity contribution is 0.477. The van der Waals surface area contributed by atoms with E-state index in [-0.39, 0.29) is 11.6 Å². The zero-order valence-electron chi connectivity index (χ0n) is 26.4. The van der Waals surface area contributed by atoms with Gasteiger partial charge in [0.15, 0.2) is 23.0 Å². The molecule has 7 aromatic rings. The summed E-state index contributed by atoms with van der Waals surface area (Å²) in [4.78, 5) is 4.44. The van der Waals surface area contributed by atoms with Crippen LogP contribution in [0.1, 0.15) is 5.56 Å².